The van der Waals surface area contributed by atoms with Crippen molar-refractivity contribution in [2.75, 3.05) is 11.9 Å². The summed E-state index contributed by atoms with van der Waals surface area (Å²) in [7, 11) is 0. The number of rotatable bonds is 4. The molecule has 0 spiro atoms. The number of hydrogen-bond donors (Lipinski definition) is 1. The molecule has 0 radical (unpaired) electrons. The summed E-state index contributed by atoms with van der Waals surface area (Å²) in [5, 5.41) is 3.16. The Morgan fingerprint density at radius 2 is 2.17 bits per heavy atom. The van der Waals surface area contributed by atoms with E-state index in [4.69, 9.17) is 0 Å². The zero-order valence-electron chi connectivity index (χ0n) is 10.0. The lowest BCUT2D eigenvalue weighted by Crippen LogP contribution is -2.03. The Labute approximate surface area is 114 Å². The van der Waals surface area contributed by atoms with Gasteiger partial charge in [0.05, 0.1) is 5.69 Å². The fourth-order valence-corrected chi connectivity index (χ4v) is 1.90. The summed E-state index contributed by atoms with van der Waals surface area (Å²) in [5.41, 5.74) is 1.80. The van der Waals surface area contributed by atoms with Crippen LogP contribution in [0.3, 0.4) is 0 Å². The molecule has 0 saturated carbocycles. The van der Waals surface area contributed by atoms with Crippen LogP contribution in [-0.4, -0.2) is 21.5 Å². The normalized spacial score (nSPS) is 10.1. The van der Waals surface area contributed by atoms with E-state index in [9.17, 15) is 0 Å². The highest BCUT2D eigenvalue weighted by atomic mass is 79.9. The monoisotopic (exact) mass is 304 g/mol. The highest BCUT2D eigenvalue weighted by Gasteiger charge is 2.05. The molecule has 0 saturated heterocycles. The average Bonchev–Trinajstić information content (AvgIpc) is 2.36. The minimum absolute atomic E-state index is 0.673. The topological polar surface area (TPSA) is 50.7 Å². The molecule has 2 aromatic heterocycles. The molecule has 0 bridgehead atoms. The standard InChI is InChI=1S/C13H13BrN4/c1-3-4-16-13-6-12(17-9(2)18-13)10-5-11(14)8-15-7-10/h3,5-8H,1,4H2,2H3,(H,16,17,18). The lowest BCUT2D eigenvalue weighted by Gasteiger charge is -2.07. The largest absolute Gasteiger partial charge is 0.366 e. The van der Waals surface area contributed by atoms with Crippen molar-refractivity contribution in [3.63, 3.8) is 0 Å². The summed E-state index contributed by atoms with van der Waals surface area (Å²) < 4.78 is 0.928. The van der Waals surface area contributed by atoms with Gasteiger partial charge in [-0.3, -0.25) is 4.98 Å². The highest BCUT2D eigenvalue weighted by Crippen LogP contribution is 2.21. The third-order valence-electron chi connectivity index (χ3n) is 2.27. The molecule has 2 aromatic rings. The zero-order valence-corrected chi connectivity index (χ0v) is 11.6. The molecule has 0 aliphatic heterocycles. The molecule has 2 heterocycles. The molecule has 0 atom stereocenters. The Morgan fingerprint density at radius 3 is 2.89 bits per heavy atom. The molecular formula is C13H13BrN4. The van der Waals surface area contributed by atoms with Crippen LogP contribution in [0.5, 0.6) is 0 Å². The molecular weight excluding hydrogens is 292 g/mol. The van der Waals surface area contributed by atoms with Crippen molar-refractivity contribution in [2.45, 2.75) is 6.92 Å². The van der Waals surface area contributed by atoms with E-state index in [0.29, 0.717) is 6.54 Å². The molecule has 0 fully saturated rings. The van der Waals surface area contributed by atoms with Crippen molar-refractivity contribution in [2.24, 2.45) is 0 Å². The van der Waals surface area contributed by atoms with Gasteiger partial charge in [0.2, 0.25) is 0 Å². The number of pyridine rings is 1. The molecule has 0 amide bonds. The van der Waals surface area contributed by atoms with Crippen molar-refractivity contribution in [1.29, 1.82) is 0 Å². The number of aryl methyl sites for hydroxylation is 1. The van der Waals surface area contributed by atoms with Crippen LogP contribution in [-0.2, 0) is 0 Å². The van der Waals surface area contributed by atoms with E-state index in [-0.39, 0.29) is 0 Å². The minimum Gasteiger partial charge on any atom is -0.366 e. The number of nitrogens with zero attached hydrogens (tertiary/aromatic N) is 3. The molecule has 0 aromatic carbocycles. The van der Waals surface area contributed by atoms with Gasteiger partial charge in [0.25, 0.3) is 0 Å². The summed E-state index contributed by atoms with van der Waals surface area (Å²) in [4.78, 5) is 12.9. The van der Waals surface area contributed by atoms with Crippen LogP contribution in [0.15, 0.2) is 41.7 Å². The Morgan fingerprint density at radius 1 is 1.33 bits per heavy atom. The zero-order chi connectivity index (χ0) is 13.0. The van der Waals surface area contributed by atoms with Crippen molar-refractivity contribution in [1.82, 2.24) is 15.0 Å². The maximum absolute atomic E-state index is 4.42. The van der Waals surface area contributed by atoms with E-state index in [0.717, 1.165) is 27.4 Å². The van der Waals surface area contributed by atoms with Crippen molar-refractivity contribution < 1.29 is 0 Å². The number of aromatic nitrogens is 3. The number of halogens is 1. The van der Waals surface area contributed by atoms with Gasteiger partial charge in [0.15, 0.2) is 0 Å². The molecule has 0 unspecified atom stereocenters. The second kappa shape index (κ2) is 5.73. The van der Waals surface area contributed by atoms with Crippen LogP contribution in [0.1, 0.15) is 5.82 Å². The first-order valence-corrected chi connectivity index (χ1v) is 6.29. The lowest BCUT2D eigenvalue weighted by atomic mass is 10.2. The Kier molecular flexibility index (Phi) is 4.04. The van der Waals surface area contributed by atoms with Gasteiger partial charge in [-0.05, 0) is 28.9 Å². The minimum atomic E-state index is 0.673. The molecule has 4 nitrogen and oxygen atoms in total. The fourth-order valence-electron chi connectivity index (χ4n) is 1.53. The Balaban J connectivity index is 2.38. The van der Waals surface area contributed by atoms with E-state index in [1.165, 1.54) is 0 Å². The lowest BCUT2D eigenvalue weighted by molar-refractivity contribution is 1.05. The third-order valence-corrected chi connectivity index (χ3v) is 2.70. The van der Waals surface area contributed by atoms with E-state index in [1.54, 1.807) is 18.5 Å². The van der Waals surface area contributed by atoms with Crippen molar-refractivity contribution in [3.8, 4) is 11.3 Å². The van der Waals surface area contributed by atoms with Gasteiger partial charge in [0.1, 0.15) is 11.6 Å². The van der Waals surface area contributed by atoms with Gasteiger partial charge < -0.3 is 5.32 Å². The molecule has 0 aliphatic rings. The SMILES string of the molecule is C=CCNc1cc(-c2cncc(Br)c2)nc(C)n1. The fraction of sp³-hybridized carbons (Fsp3) is 0.154. The molecule has 2 rings (SSSR count). The highest BCUT2D eigenvalue weighted by molar-refractivity contribution is 9.10. The van der Waals surface area contributed by atoms with Crippen LogP contribution in [0.4, 0.5) is 5.82 Å². The smallest absolute Gasteiger partial charge is 0.130 e. The van der Waals surface area contributed by atoms with Crippen LogP contribution in [0.2, 0.25) is 0 Å². The maximum Gasteiger partial charge on any atom is 0.130 e. The van der Waals surface area contributed by atoms with Gasteiger partial charge in [-0.1, -0.05) is 6.08 Å². The predicted molar refractivity (Wildman–Crippen MR) is 76.4 cm³/mol. The summed E-state index contributed by atoms with van der Waals surface area (Å²) in [5.74, 6) is 1.51. The summed E-state index contributed by atoms with van der Waals surface area (Å²) in [6, 6.07) is 3.88. The molecule has 18 heavy (non-hydrogen) atoms. The van der Waals surface area contributed by atoms with E-state index in [1.807, 2.05) is 19.1 Å². The molecule has 0 aliphatic carbocycles. The Bertz CT molecular complexity index is 569. The average molecular weight is 305 g/mol. The van der Waals surface area contributed by atoms with Gasteiger partial charge in [-0.25, -0.2) is 9.97 Å². The second-order valence-electron chi connectivity index (χ2n) is 3.75. The number of nitrogens with one attached hydrogen (secondary N) is 1. The van der Waals surface area contributed by atoms with Crippen LogP contribution < -0.4 is 5.32 Å². The maximum atomic E-state index is 4.42. The number of anilines is 1. The van der Waals surface area contributed by atoms with Crippen LogP contribution >= 0.6 is 15.9 Å². The first-order chi connectivity index (χ1) is 8.69. The van der Waals surface area contributed by atoms with Gasteiger partial charge in [0, 0.05) is 35.0 Å². The van der Waals surface area contributed by atoms with Crippen molar-refractivity contribution in [3.05, 3.63) is 47.5 Å². The predicted octanol–water partition coefficient (Wildman–Crippen LogP) is 3.21. The summed E-state index contributed by atoms with van der Waals surface area (Å²) in [6.45, 7) is 6.21. The van der Waals surface area contributed by atoms with Gasteiger partial charge in [-0.2, -0.15) is 0 Å². The first kappa shape index (κ1) is 12.7. The van der Waals surface area contributed by atoms with Gasteiger partial charge in [-0.15, -0.1) is 6.58 Å². The molecule has 1 N–H and O–H groups in total. The van der Waals surface area contributed by atoms with Crippen molar-refractivity contribution >= 4 is 21.7 Å². The van der Waals surface area contributed by atoms with Crippen LogP contribution in [0.25, 0.3) is 11.3 Å². The summed E-state index contributed by atoms with van der Waals surface area (Å²) >= 11 is 3.40. The molecule has 5 heteroatoms. The van der Waals surface area contributed by atoms with E-state index in [2.05, 4.69) is 42.8 Å². The van der Waals surface area contributed by atoms with Crippen LogP contribution in [0, 0.1) is 6.92 Å². The second-order valence-corrected chi connectivity index (χ2v) is 4.66. The third kappa shape index (κ3) is 3.13. The van der Waals surface area contributed by atoms with E-state index >= 15 is 0 Å². The Hall–Kier alpha value is -1.75. The molecule has 92 valence electrons. The van der Waals surface area contributed by atoms with E-state index < -0.39 is 0 Å². The van der Waals surface area contributed by atoms with Gasteiger partial charge >= 0.3 is 0 Å². The summed E-state index contributed by atoms with van der Waals surface area (Å²) in [6.07, 6.45) is 5.32. The first-order valence-electron chi connectivity index (χ1n) is 5.50. The number of hydrogen-bond acceptors (Lipinski definition) is 4. The quantitative estimate of drug-likeness (QED) is 0.881.